The summed E-state index contributed by atoms with van der Waals surface area (Å²) in [7, 11) is -0.652. The predicted octanol–water partition coefficient (Wildman–Crippen LogP) is 3.62. The van der Waals surface area contributed by atoms with Crippen LogP contribution in [0.1, 0.15) is 24.3 Å². The van der Waals surface area contributed by atoms with Gasteiger partial charge in [0, 0.05) is 20.1 Å². The van der Waals surface area contributed by atoms with Gasteiger partial charge in [-0.05, 0) is 24.3 Å². The molecule has 10 heteroatoms. The molecule has 0 aliphatic heterocycles. The number of ether oxygens (including phenoxy) is 1. The number of anilines is 1. The molecule has 1 aromatic carbocycles. The third-order valence-corrected chi connectivity index (χ3v) is 7.00. The van der Waals surface area contributed by atoms with Crippen molar-refractivity contribution in [3.05, 3.63) is 40.1 Å². The van der Waals surface area contributed by atoms with Gasteiger partial charge in [-0.3, -0.25) is 4.79 Å². The van der Waals surface area contributed by atoms with E-state index in [0.29, 0.717) is 18.8 Å². The molecule has 27 heavy (non-hydrogen) atoms. The number of aromatic nitrogens is 1. The van der Waals surface area contributed by atoms with E-state index in [1.807, 2.05) is 0 Å². The first kappa shape index (κ1) is 21.6. The second-order valence-corrected chi connectivity index (χ2v) is 8.34. The van der Waals surface area contributed by atoms with Crippen LogP contribution in [0, 0.1) is 0 Å². The van der Waals surface area contributed by atoms with E-state index in [1.54, 1.807) is 20.9 Å². The minimum absolute atomic E-state index is 0.0604. The van der Waals surface area contributed by atoms with Crippen LogP contribution in [0.3, 0.4) is 0 Å². The first-order valence-corrected chi connectivity index (χ1v) is 10.4. The molecule has 1 heterocycles. The van der Waals surface area contributed by atoms with Crippen molar-refractivity contribution in [2.75, 3.05) is 25.5 Å². The topological polar surface area (TPSA) is 80.6 Å². The Morgan fingerprint density at radius 3 is 2.33 bits per heavy atom. The van der Waals surface area contributed by atoms with Crippen LogP contribution in [0.5, 0.6) is 5.75 Å². The third kappa shape index (κ3) is 4.24. The summed E-state index contributed by atoms with van der Waals surface area (Å²) in [6, 6.07) is 5.74. The molecule has 0 spiro atoms. The lowest BCUT2D eigenvalue weighted by Crippen LogP contribution is -2.30. The number of methoxy groups -OCH3 is 1. The Kier molecular flexibility index (Phi) is 6.80. The highest BCUT2D eigenvalue weighted by Crippen LogP contribution is 2.30. The maximum atomic E-state index is 12.7. The van der Waals surface area contributed by atoms with Gasteiger partial charge < -0.3 is 14.6 Å². The summed E-state index contributed by atoms with van der Waals surface area (Å²) in [6.07, 6.45) is 0. The average molecular weight is 434 g/mol. The van der Waals surface area contributed by atoms with Crippen molar-refractivity contribution in [3.63, 3.8) is 0 Å². The van der Waals surface area contributed by atoms with Crippen molar-refractivity contribution in [1.29, 1.82) is 0 Å². The Hall–Kier alpha value is -1.74. The fourth-order valence-electron chi connectivity index (χ4n) is 2.60. The van der Waals surface area contributed by atoms with E-state index in [1.165, 1.54) is 40.2 Å². The molecule has 0 bridgehead atoms. The fourth-order valence-corrected chi connectivity index (χ4v) is 4.46. The standard InChI is InChI=1S/C17H21Cl2N3O4S/c1-5-22(6-2)27(24,25)11-7-8-15(26-4)13(9-11)20-17(23)14-10-12(18)16(19)21(14)3/h7-10H,5-6H2,1-4H3,(H,20,23). The lowest BCUT2D eigenvalue weighted by atomic mass is 10.2. The SMILES string of the molecule is CCN(CC)S(=O)(=O)c1ccc(OC)c(NC(=O)c2cc(Cl)c(Cl)n2C)c1. The van der Waals surface area contributed by atoms with E-state index < -0.39 is 15.9 Å². The second kappa shape index (κ2) is 8.52. The number of benzene rings is 1. The number of sulfonamides is 1. The highest BCUT2D eigenvalue weighted by atomic mass is 35.5. The summed E-state index contributed by atoms with van der Waals surface area (Å²) >= 11 is 11.9. The molecular weight excluding hydrogens is 413 g/mol. The van der Waals surface area contributed by atoms with Gasteiger partial charge in [-0.15, -0.1) is 0 Å². The van der Waals surface area contributed by atoms with Gasteiger partial charge in [0.05, 0.1) is 22.7 Å². The molecule has 2 rings (SSSR count). The van der Waals surface area contributed by atoms with Crippen LogP contribution < -0.4 is 10.1 Å². The summed E-state index contributed by atoms with van der Waals surface area (Å²) in [5, 5.41) is 3.13. The molecule has 0 unspecified atom stereocenters. The lowest BCUT2D eigenvalue weighted by Gasteiger charge is -2.19. The smallest absolute Gasteiger partial charge is 0.272 e. The summed E-state index contributed by atoms with van der Waals surface area (Å²) in [4.78, 5) is 12.7. The van der Waals surface area contributed by atoms with Gasteiger partial charge in [-0.1, -0.05) is 37.0 Å². The number of carbonyl (C=O) groups is 1. The number of rotatable bonds is 7. The van der Waals surface area contributed by atoms with Crippen LogP contribution in [0.15, 0.2) is 29.2 Å². The van der Waals surface area contributed by atoms with E-state index in [2.05, 4.69) is 5.32 Å². The van der Waals surface area contributed by atoms with Crippen LogP contribution in [0.4, 0.5) is 5.69 Å². The summed E-state index contributed by atoms with van der Waals surface area (Å²) in [5.41, 5.74) is 0.452. The van der Waals surface area contributed by atoms with Crippen molar-refractivity contribution in [2.45, 2.75) is 18.7 Å². The van der Waals surface area contributed by atoms with Crippen molar-refractivity contribution in [2.24, 2.45) is 7.05 Å². The van der Waals surface area contributed by atoms with E-state index in [9.17, 15) is 13.2 Å². The maximum Gasteiger partial charge on any atom is 0.272 e. The zero-order chi connectivity index (χ0) is 20.4. The van der Waals surface area contributed by atoms with Crippen molar-refractivity contribution in [1.82, 2.24) is 8.87 Å². The molecular formula is C17H21Cl2N3O4S. The summed E-state index contributed by atoms with van der Waals surface area (Å²) < 4.78 is 33.5. The van der Waals surface area contributed by atoms with Gasteiger partial charge >= 0.3 is 0 Å². The van der Waals surface area contributed by atoms with Gasteiger partial charge in [0.1, 0.15) is 16.6 Å². The Morgan fingerprint density at radius 2 is 1.85 bits per heavy atom. The number of amides is 1. The monoisotopic (exact) mass is 433 g/mol. The first-order valence-electron chi connectivity index (χ1n) is 8.17. The van der Waals surface area contributed by atoms with Crippen LogP contribution in [-0.2, 0) is 17.1 Å². The molecule has 1 amide bonds. The minimum Gasteiger partial charge on any atom is -0.495 e. The van der Waals surface area contributed by atoms with Crippen LogP contribution in [0.2, 0.25) is 10.2 Å². The molecule has 0 radical (unpaired) electrons. The predicted molar refractivity (Wildman–Crippen MR) is 106 cm³/mol. The van der Waals surface area contributed by atoms with Gasteiger partial charge in [0.15, 0.2) is 0 Å². The number of hydrogen-bond donors (Lipinski definition) is 1. The lowest BCUT2D eigenvalue weighted by molar-refractivity contribution is 0.101. The Labute approximate surface area is 168 Å². The van der Waals surface area contributed by atoms with Crippen molar-refractivity contribution >= 4 is 44.8 Å². The largest absolute Gasteiger partial charge is 0.495 e. The normalized spacial score (nSPS) is 11.7. The zero-order valence-electron chi connectivity index (χ0n) is 15.4. The molecule has 0 saturated carbocycles. The summed E-state index contributed by atoms with van der Waals surface area (Å²) in [5.74, 6) is -0.171. The molecule has 7 nitrogen and oxygen atoms in total. The maximum absolute atomic E-state index is 12.7. The quantitative estimate of drug-likeness (QED) is 0.722. The van der Waals surface area contributed by atoms with E-state index >= 15 is 0 Å². The number of hydrogen-bond acceptors (Lipinski definition) is 4. The number of carbonyl (C=O) groups excluding carboxylic acids is 1. The van der Waals surface area contributed by atoms with Crippen LogP contribution in [0.25, 0.3) is 0 Å². The fraction of sp³-hybridized carbons (Fsp3) is 0.353. The highest BCUT2D eigenvalue weighted by molar-refractivity contribution is 7.89. The molecule has 2 aromatic rings. The number of halogens is 2. The Bertz CT molecular complexity index is 953. The molecule has 0 fully saturated rings. The molecule has 1 aromatic heterocycles. The first-order chi connectivity index (χ1) is 12.7. The van der Waals surface area contributed by atoms with E-state index in [0.717, 1.165) is 0 Å². The second-order valence-electron chi connectivity index (χ2n) is 5.63. The van der Waals surface area contributed by atoms with Gasteiger partial charge in [0.2, 0.25) is 10.0 Å². The van der Waals surface area contributed by atoms with Crippen LogP contribution >= 0.6 is 23.2 Å². The number of nitrogens with zero attached hydrogens (tertiary/aromatic N) is 2. The highest BCUT2D eigenvalue weighted by Gasteiger charge is 2.24. The van der Waals surface area contributed by atoms with Crippen LogP contribution in [-0.4, -0.2) is 43.4 Å². The zero-order valence-corrected chi connectivity index (χ0v) is 17.7. The van der Waals surface area contributed by atoms with Gasteiger partial charge in [-0.25, -0.2) is 8.42 Å². The van der Waals surface area contributed by atoms with Gasteiger partial charge in [-0.2, -0.15) is 4.31 Å². The Balaban J connectivity index is 2.44. The van der Waals surface area contributed by atoms with E-state index in [4.69, 9.17) is 27.9 Å². The van der Waals surface area contributed by atoms with Crippen molar-refractivity contribution in [3.8, 4) is 5.75 Å². The molecule has 1 N–H and O–H groups in total. The average Bonchev–Trinajstić information content (AvgIpc) is 2.90. The molecule has 0 aliphatic rings. The van der Waals surface area contributed by atoms with E-state index in [-0.39, 0.29) is 26.5 Å². The van der Waals surface area contributed by atoms with Gasteiger partial charge in [0.25, 0.3) is 5.91 Å². The van der Waals surface area contributed by atoms with Crippen molar-refractivity contribution < 1.29 is 17.9 Å². The molecule has 148 valence electrons. The summed E-state index contributed by atoms with van der Waals surface area (Å²) in [6.45, 7) is 4.20. The third-order valence-electron chi connectivity index (χ3n) is 4.11. The minimum atomic E-state index is -3.68. The molecule has 0 atom stereocenters. The molecule has 0 saturated heterocycles. The molecule has 0 aliphatic carbocycles. The Morgan fingerprint density at radius 1 is 1.22 bits per heavy atom. The number of nitrogens with one attached hydrogen (secondary N) is 1.